The number of nitrogens with one attached hydrogen (secondary N) is 1. The summed E-state index contributed by atoms with van der Waals surface area (Å²) < 4.78 is 35.9. The van der Waals surface area contributed by atoms with E-state index in [1.165, 1.54) is 12.1 Å². The zero-order valence-corrected chi connectivity index (χ0v) is 11.3. The van der Waals surface area contributed by atoms with Crippen molar-refractivity contribution in [2.24, 2.45) is 5.14 Å². The summed E-state index contributed by atoms with van der Waals surface area (Å²) in [4.78, 5) is 1.52. The average Bonchev–Trinajstić information content (AvgIpc) is 2.27. The van der Waals surface area contributed by atoms with Gasteiger partial charge in [0.25, 0.3) is 0 Å². The van der Waals surface area contributed by atoms with Gasteiger partial charge in [-0.3, -0.25) is 0 Å². The van der Waals surface area contributed by atoms with Crippen molar-refractivity contribution < 1.29 is 12.8 Å². The Hall–Kier alpha value is -1.18. The van der Waals surface area contributed by atoms with Crippen LogP contribution in [0, 0.1) is 5.82 Å². The summed E-state index contributed by atoms with van der Waals surface area (Å²) in [5, 5.41) is 7.94. The highest BCUT2D eigenvalue weighted by atomic mass is 32.2. The van der Waals surface area contributed by atoms with Gasteiger partial charge in [-0.15, -0.1) is 0 Å². The lowest BCUT2D eigenvalue weighted by molar-refractivity contribution is 0.591. The van der Waals surface area contributed by atoms with E-state index in [0.29, 0.717) is 12.2 Å². The monoisotopic (exact) mass is 275 g/mol. The number of halogens is 1. The Bertz CT molecular complexity index is 505. The van der Waals surface area contributed by atoms with Gasteiger partial charge >= 0.3 is 0 Å². The van der Waals surface area contributed by atoms with Crippen molar-refractivity contribution in [3.05, 3.63) is 24.0 Å². The number of sulfonamides is 1. The largest absolute Gasteiger partial charge is 0.372 e. The molecule has 0 aliphatic rings. The number of nitrogens with two attached hydrogens (primary N) is 1. The molecule has 0 radical (unpaired) electrons. The SMILES string of the molecule is CNCCCN(C)c1ccc(S(N)(=O)=O)cc1F. The first-order chi connectivity index (χ1) is 8.36. The van der Waals surface area contributed by atoms with Crippen LogP contribution in [-0.2, 0) is 10.0 Å². The highest BCUT2D eigenvalue weighted by Gasteiger charge is 2.13. The zero-order valence-electron chi connectivity index (χ0n) is 10.5. The van der Waals surface area contributed by atoms with Crippen molar-refractivity contribution in [2.75, 3.05) is 32.1 Å². The van der Waals surface area contributed by atoms with Crippen LogP contribution in [0.4, 0.5) is 10.1 Å². The van der Waals surface area contributed by atoms with E-state index in [2.05, 4.69) is 5.32 Å². The minimum Gasteiger partial charge on any atom is -0.372 e. The minimum absolute atomic E-state index is 0.215. The van der Waals surface area contributed by atoms with Crippen LogP contribution in [0.3, 0.4) is 0 Å². The van der Waals surface area contributed by atoms with Crippen molar-refractivity contribution in [3.8, 4) is 0 Å². The first kappa shape index (κ1) is 14.9. The highest BCUT2D eigenvalue weighted by molar-refractivity contribution is 7.89. The quantitative estimate of drug-likeness (QED) is 0.742. The third-order valence-electron chi connectivity index (χ3n) is 2.58. The van der Waals surface area contributed by atoms with Crippen LogP contribution in [0.5, 0.6) is 0 Å². The second-order valence-electron chi connectivity index (χ2n) is 4.04. The van der Waals surface area contributed by atoms with E-state index < -0.39 is 15.8 Å². The maximum atomic E-state index is 13.8. The fourth-order valence-electron chi connectivity index (χ4n) is 1.59. The Morgan fingerprint density at radius 1 is 1.44 bits per heavy atom. The minimum atomic E-state index is -3.86. The average molecular weight is 275 g/mol. The van der Waals surface area contributed by atoms with Gasteiger partial charge < -0.3 is 10.2 Å². The first-order valence-corrected chi connectivity index (χ1v) is 7.09. The molecule has 0 bridgehead atoms. The molecule has 0 aliphatic carbocycles. The molecule has 0 unspecified atom stereocenters. The summed E-state index contributed by atoms with van der Waals surface area (Å²) in [6, 6.07) is 3.68. The summed E-state index contributed by atoms with van der Waals surface area (Å²) in [5.41, 5.74) is 0.360. The molecule has 1 aromatic rings. The Kier molecular flexibility index (Phi) is 5.06. The molecule has 0 heterocycles. The van der Waals surface area contributed by atoms with E-state index in [1.54, 1.807) is 11.9 Å². The lowest BCUT2D eigenvalue weighted by Crippen LogP contribution is -2.23. The summed E-state index contributed by atoms with van der Waals surface area (Å²) in [7, 11) is -0.254. The van der Waals surface area contributed by atoms with Gasteiger partial charge in [0.05, 0.1) is 10.6 Å². The first-order valence-electron chi connectivity index (χ1n) is 5.54. The maximum absolute atomic E-state index is 13.8. The van der Waals surface area contributed by atoms with Crippen molar-refractivity contribution in [1.29, 1.82) is 0 Å². The standard InChI is InChI=1S/C11H18FN3O2S/c1-14-6-3-7-15(2)11-5-4-9(8-10(11)12)18(13,16)17/h4-5,8,14H,3,6-7H2,1-2H3,(H2,13,16,17). The third kappa shape index (κ3) is 3.94. The van der Waals surface area contributed by atoms with Crippen molar-refractivity contribution >= 4 is 15.7 Å². The molecule has 18 heavy (non-hydrogen) atoms. The molecule has 0 saturated heterocycles. The summed E-state index contributed by atoms with van der Waals surface area (Å²) >= 11 is 0. The van der Waals surface area contributed by atoms with Crippen LogP contribution >= 0.6 is 0 Å². The molecule has 0 amide bonds. The van der Waals surface area contributed by atoms with E-state index in [1.807, 2.05) is 7.05 Å². The molecule has 0 aliphatic heterocycles. The molecule has 3 N–H and O–H groups in total. The fourth-order valence-corrected chi connectivity index (χ4v) is 2.11. The van der Waals surface area contributed by atoms with Crippen LogP contribution in [0.25, 0.3) is 0 Å². The van der Waals surface area contributed by atoms with Gasteiger partial charge in [0.15, 0.2) is 0 Å². The van der Waals surface area contributed by atoms with Crippen LogP contribution in [0.1, 0.15) is 6.42 Å². The number of anilines is 1. The van der Waals surface area contributed by atoms with Gasteiger partial charge in [-0.1, -0.05) is 0 Å². The second-order valence-corrected chi connectivity index (χ2v) is 5.60. The van der Waals surface area contributed by atoms with Gasteiger partial charge in [-0.2, -0.15) is 0 Å². The molecule has 0 atom stereocenters. The Morgan fingerprint density at radius 2 is 2.11 bits per heavy atom. The molecular weight excluding hydrogens is 257 g/mol. The van der Waals surface area contributed by atoms with E-state index in [-0.39, 0.29) is 4.90 Å². The Morgan fingerprint density at radius 3 is 2.61 bits per heavy atom. The zero-order chi connectivity index (χ0) is 13.8. The van der Waals surface area contributed by atoms with Crippen LogP contribution in [-0.4, -0.2) is 35.6 Å². The highest BCUT2D eigenvalue weighted by Crippen LogP contribution is 2.21. The number of primary sulfonamides is 1. The molecule has 0 saturated carbocycles. The molecule has 0 spiro atoms. The van der Waals surface area contributed by atoms with Crippen LogP contribution < -0.4 is 15.4 Å². The van der Waals surface area contributed by atoms with Gasteiger partial charge in [-0.05, 0) is 38.2 Å². The van der Waals surface area contributed by atoms with Gasteiger partial charge in [0.1, 0.15) is 5.82 Å². The third-order valence-corrected chi connectivity index (χ3v) is 3.49. The molecule has 1 aromatic carbocycles. The van der Waals surface area contributed by atoms with Gasteiger partial charge in [0, 0.05) is 13.6 Å². The van der Waals surface area contributed by atoms with E-state index in [0.717, 1.165) is 19.0 Å². The van der Waals surface area contributed by atoms with Crippen LogP contribution in [0.15, 0.2) is 23.1 Å². The number of hydrogen-bond donors (Lipinski definition) is 2. The Balaban J connectivity index is 2.85. The second kappa shape index (κ2) is 6.12. The van der Waals surface area contributed by atoms with E-state index in [9.17, 15) is 12.8 Å². The Labute approximate surface area is 107 Å². The molecule has 5 nitrogen and oxygen atoms in total. The predicted octanol–water partition coefficient (Wildman–Crippen LogP) is 0.519. The molecular formula is C11H18FN3O2S. The summed E-state index contributed by atoms with van der Waals surface area (Å²) in [5.74, 6) is -0.589. The lowest BCUT2D eigenvalue weighted by atomic mass is 10.2. The maximum Gasteiger partial charge on any atom is 0.238 e. The van der Waals surface area contributed by atoms with E-state index >= 15 is 0 Å². The summed E-state index contributed by atoms with van der Waals surface area (Å²) in [6.45, 7) is 1.51. The van der Waals surface area contributed by atoms with Crippen molar-refractivity contribution in [3.63, 3.8) is 0 Å². The molecule has 7 heteroatoms. The number of nitrogens with zero attached hydrogens (tertiary/aromatic N) is 1. The van der Waals surface area contributed by atoms with Gasteiger partial charge in [-0.25, -0.2) is 17.9 Å². The van der Waals surface area contributed by atoms with Crippen LogP contribution in [0.2, 0.25) is 0 Å². The topological polar surface area (TPSA) is 75.4 Å². The summed E-state index contributed by atoms with van der Waals surface area (Å²) in [6.07, 6.45) is 0.864. The molecule has 0 aromatic heterocycles. The fraction of sp³-hybridized carbons (Fsp3) is 0.455. The molecule has 1 rings (SSSR count). The van der Waals surface area contributed by atoms with Gasteiger partial charge in [0.2, 0.25) is 10.0 Å². The van der Waals surface area contributed by atoms with Crippen molar-refractivity contribution in [2.45, 2.75) is 11.3 Å². The predicted molar refractivity (Wildman–Crippen MR) is 69.6 cm³/mol. The smallest absolute Gasteiger partial charge is 0.238 e. The number of hydrogen-bond acceptors (Lipinski definition) is 4. The van der Waals surface area contributed by atoms with Crippen molar-refractivity contribution in [1.82, 2.24) is 5.32 Å². The van der Waals surface area contributed by atoms with E-state index in [4.69, 9.17) is 5.14 Å². The molecule has 0 fully saturated rings. The normalized spacial score (nSPS) is 11.6. The molecule has 102 valence electrons. The number of rotatable bonds is 6. The lowest BCUT2D eigenvalue weighted by Gasteiger charge is -2.20. The number of benzene rings is 1.